The van der Waals surface area contributed by atoms with E-state index in [-0.39, 0.29) is 48.7 Å². The molecule has 3 atom stereocenters. The minimum Gasteiger partial charge on any atom is -0.445 e. The van der Waals surface area contributed by atoms with Gasteiger partial charge in [-0.2, -0.15) is 0 Å². The standard InChI is InChI=1S/C35H48N4O7/c1-21(2)16-28(31(41)34(44)36-27-15-11-14-26(19-27)24(7)40)37-32(42)29(17-22(3)4)38-33(43)30(18-23(5)6)39-35(45)46-20-25-12-9-8-10-13-25/h8-15,19,21-23,28-30H,16-18,20H2,1-7H3,(H,36,44)(H,37,42)(H,38,43)(H,39,45)/t28-,29-,30-/m0/s1. The number of carbonyl (C=O) groups excluding carboxylic acids is 6. The van der Waals surface area contributed by atoms with E-state index in [9.17, 15) is 28.8 Å². The number of hydrogen-bond donors (Lipinski definition) is 4. The largest absolute Gasteiger partial charge is 0.445 e. The predicted octanol–water partition coefficient (Wildman–Crippen LogP) is 4.80. The molecule has 46 heavy (non-hydrogen) atoms. The Kier molecular flexibility index (Phi) is 15.1. The van der Waals surface area contributed by atoms with Gasteiger partial charge in [0.05, 0.1) is 6.04 Å². The highest BCUT2D eigenvalue weighted by molar-refractivity contribution is 6.42. The molecule has 0 fully saturated rings. The van der Waals surface area contributed by atoms with Gasteiger partial charge in [-0.3, -0.25) is 24.0 Å². The number of Topliss-reactive ketones (excluding diaryl/α,β-unsaturated/α-hetero) is 2. The number of benzene rings is 2. The Hall–Kier alpha value is -4.54. The second kappa shape index (κ2) is 18.4. The molecule has 0 aliphatic rings. The van der Waals surface area contributed by atoms with E-state index in [0.717, 1.165) is 5.56 Å². The third-order valence-corrected chi connectivity index (χ3v) is 6.96. The van der Waals surface area contributed by atoms with E-state index >= 15 is 0 Å². The summed E-state index contributed by atoms with van der Waals surface area (Å²) in [5, 5.41) is 10.6. The van der Waals surface area contributed by atoms with Crippen molar-refractivity contribution in [3.8, 4) is 0 Å². The molecule has 0 spiro atoms. The zero-order valence-corrected chi connectivity index (χ0v) is 27.8. The number of rotatable bonds is 17. The van der Waals surface area contributed by atoms with Crippen LogP contribution in [0.25, 0.3) is 0 Å². The molecule has 2 rings (SSSR count). The van der Waals surface area contributed by atoms with Gasteiger partial charge in [0.25, 0.3) is 5.91 Å². The highest BCUT2D eigenvalue weighted by atomic mass is 16.5. The lowest BCUT2D eigenvalue weighted by Gasteiger charge is -2.27. The smallest absolute Gasteiger partial charge is 0.408 e. The van der Waals surface area contributed by atoms with Crippen LogP contribution in [-0.2, 0) is 30.5 Å². The Morgan fingerprint density at radius 1 is 0.652 bits per heavy atom. The molecule has 0 aliphatic heterocycles. The molecule has 11 heteroatoms. The average Bonchev–Trinajstić information content (AvgIpc) is 2.98. The number of alkyl carbamates (subject to hydrolysis) is 1. The molecule has 250 valence electrons. The molecule has 11 nitrogen and oxygen atoms in total. The van der Waals surface area contributed by atoms with Gasteiger partial charge in [0, 0.05) is 11.3 Å². The van der Waals surface area contributed by atoms with Crippen LogP contribution in [0.15, 0.2) is 54.6 Å². The normalized spacial score (nSPS) is 13.0. The molecule has 2 aromatic carbocycles. The second-order valence-electron chi connectivity index (χ2n) is 12.7. The van der Waals surface area contributed by atoms with Gasteiger partial charge >= 0.3 is 6.09 Å². The van der Waals surface area contributed by atoms with E-state index in [1.807, 2.05) is 71.9 Å². The molecule has 4 N–H and O–H groups in total. The lowest BCUT2D eigenvalue weighted by atomic mass is 9.97. The first-order chi connectivity index (χ1) is 21.7. The van der Waals surface area contributed by atoms with E-state index in [4.69, 9.17) is 4.74 Å². The van der Waals surface area contributed by atoms with Crippen molar-refractivity contribution in [3.63, 3.8) is 0 Å². The van der Waals surface area contributed by atoms with Crippen LogP contribution in [0, 0.1) is 17.8 Å². The van der Waals surface area contributed by atoms with Crippen molar-refractivity contribution in [2.45, 2.75) is 92.5 Å². The fourth-order valence-electron chi connectivity index (χ4n) is 4.73. The van der Waals surface area contributed by atoms with Crippen molar-refractivity contribution in [1.82, 2.24) is 16.0 Å². The van der Waals surface area contributed by atoms with Gasteiger partial charge in [-0.25, -0.2) is 4.79 Å². The van der Waals surface area contributed by atoms with E-state index < -0.39 is 47.7 Å². The van der Waals surface area contributed by atoms with Crippen LogP contribution in [0.3, 0.4) is 0 Å². The number of nitrogens with one attached hydrogen (secondary N) is 4. The Bertz CT molecular complexity index is 1360. The van der Waals surface area contributed by atoms with Gasteiger partial charge in [0.1, 0.15) is 18.7 Å². The van der Waals surface area contributed by atoms with Crippen LogP contribution in [0.2, 0.25) is 0 Å². The third-order valence-electron chi connectivity index (χ3n) is 6.96. The summed E-state index contributed by atoms with van der Waals surface area (Å²) in [5.41, 5.74) is 1.44. The van der Waals surface area contributed by atoms with Crippen LogP contribution in [0.4, 0.5) is 10.5 Å². The Morgan fingerprint density at radius 3 is 1.72 bits per heavy atom. The van der Waals surface area contributed by atoms with Gasteiger partial charge in [0.2, 0.25) is 17.6 Å². The number of ketones is 2. The molecule has 0 radical (unpaired) electrons. The Labute approximate surface area is 271 Å². The summed E-state index contributed by atoms with van der Waals surface area (Å²) in [7, 11) is 0. The zero-order chi connectivity index (χ0) is 34.4. The first-order valence-corrected chi connectivity index (χ1v) is 15.7. The number of amides is 4. The number of ether oxygens (including phenoxy) is 1. The summed E-state index contributed by atoms with van der Waals surface area (Å²) in [6, 6.07) is 12.2. The fourth-order valence-corrected chi connectivity index (χ4v) is 4.73. The monoisotopic (exact) mass is 636 g/mol. The van der Waals surface area contributed by atoms with Crippen molar-refractivity contribution in [2.75, 3.05) is 5.32 Å². The van der Waals surface area contributed by atoms with Crippen LogP contribution >= 0.6 is 0 Å². The van der Waals surface area contributed by atoms with Gasteiger partial charge in [-0.05, 0) is 61.6 Å². The lowest BCUT2D eigenvalue weighted by molar-refractivity contribution is -0.138. The molecule has 0 aromatic heterocycles. The van der Waals surface area contributed by atoms with Crippen molar-refractivity contribution >= 4 is 41.1 Å². The molecule has 0 heterocycles. The molecule has 0 aliphatic carbocycles. The summed E-state index contributed by atoms with van der Waals surface area (Å²) in [4.78, 5) is 77.6. The van der Waals surface area contributed by atoms with Crippen molar-refractivity contribution in [1.29, 1.82) is 0 Å². The second-order valence-corrected chi connectivity index (χ2v) is 12.7. The van der Waals surface area contributed by atoms with E-state index in [0.29, 0.717) is 12.0 Å². The molecule has 0 saturated heterocycles. The van der Waals surface area contributed by atoms with Crippen molar-refractivity contribution in [2.24, 2.45) is 17.8 Å². The first-order valence-electron chi connectivity index (χ1n) is 15.7. The summed E-state index contributed by atoms with van der Waals surface area (Å²) in [6.45, 7) is 12.7. The summed E-state index contributed by atoms with van der Waals surface area (Å²) >= 11 is 0. The SMILES string of the molecule is CC(=O)c1cccc(NC(=O)C(=O)[C@H](CC(C)C)NC(=O)[C@H](CC(C)C)NC(=O)[C@H](CC(C)C)NC(=O)OCc2ccccc2)c1. The topological polar surface area (TPSA) is 160 Å². The minimum atomic E-state index is -1.16. The molecule has 0 saturated carbocycles. The maximum absolute atomic E-state index is 13.6. The van der Waals surface area contributed by atoms with Crippen molar-refractivity contribution < 1.29 is 33.5 Å². The highest BCUT2D eigenvalue weighted by Gasteiger charge is 2.33. The summed E-state index contributed by atoms with van der Waals surface area (Å²) in [6.07, 6.45) is -0.0471. The molecular formula is C35H48N4O7. The van der Waals surface area contributed by atoms with E-state index in [1.54, 1.807) is 18.2 Å². The van der Waals surface area contributed by atoms with Crippen LogP contribution in [-0.4, -0.2) is 53.5 Å². The number of hydrogen-bond acceptors (Lipinski definition) is 7. The van der Waals surface area contributed by atoms with Gasteiger partial charge < -0.3 is 26.0 Å². The Morgan fingerprint density at radius 2 is 1.17 bits per heavy atom. The first kappa shape index (κ1) is 37.6. The maximum Gasteiger partial charge on any atom is 0.408 e. The third kappa shape index (κ3) is 13.2. The predicted molar refractivity (Wildman–Crippen MR) is 176 cm³/mol. The average molecular weight is 637 g/mol. The number of anilines is 1. The highest BCUT2D eigenvalue weighted by Crippen LogP contribution is 2.14. The Balaban J connectivity index is 2.16. The lowest BCUT2D eigenvalue weighted by Crippen LogP contribution is -2.57. The summed E-state index contributed by atoms with van der Waals surface area (Å²) < 4.78 is 5.30. The van der Waals surface area contributed by atoms with Gasteiger partial charge in [0.15, 0.2) is 5.78 Å². The number of carbonyl (C=O) groups is 6. The zero-order valence-electron chi connectivity index (χ0n) is 27.8. The van der Waals surface area contributed by atoms with Crippen LogP contribution in [0.5, 0.6) is 0 Å². The molecule has 4 amide bonds. The minimum absolute atomic E-state index is 0.0144. The molecule has 2 aromatic rings. The van der Waals surface area contributed by atoms with Gasteiger partial charge in [-0.15, -0.1) is 0 Å². The van der Waals surface area contributed by atoms with Gasteiger partial charge in [-0.1, -0.05) is 84.0 Å². The maximum atomic E-state index is 13.6. The van der Waals surface area contributed by atoms with E-state index in [2.05, 4.69) is 21.3 Å². The van der Waals surface area contributed by atoms with Crippen molar-refractivity contribution in [3.05, 3.63) is 65.7 Å². The van der Waals surface area contributed by atoms with Crippen LogP contribution in [0.1, 0.15) is 83.7 Å². The molecular weight excluding hydrogens is 588 g/mol. The quantitative estimate of drug-likeness (QED) is 0.143. The molecule has 0 bridgehead atoms. The van der Waals surface area contributed by atoms with E-state index in [1.165, 1.54) is 13.0 Å². The molecule has 0 unspecified atom stereocenters. The summed E-state index contributed by atoms with van der Waals surface area (Å²) in [5.74, 6) is -3.21. The van der Waals surface area contributed by atoms with Crippen LogP contribution < -0.4 is 21.3 Å². The fraction of sp³-hybridized carbons (Fsp3) is 0.486.